The Hall–Kier alpha value is -2.75. The molecule has 0 bridgehead atoms. The van der Waals surface area contributed by atoms with E-state index in [0.717, 1.165) is 5.56 Å². The summed E-state index contributed by atoms with van der Waals surface area (Å²) in [6, 6.07) is 12.8. The number of hydrogen-bond acceptors (Lipinski definition) is 5. The molecule has 0 unspecified atom stereocenters. The largest absolute Gasteiger partial charge is 0.493 e. The lowest BCUT2D eigenvalue weighted by atomic mass is 10.1. The van der Waals surface area contributed by atoms with Crippen LogP contribution in [-0.2, 0) is 9.84 Å². The molecule has 0 saturated carbocycles. The van der Waals surface area contributed by atoms with E-state index in [2.05, 4.69) is 0 Å². The second-order valence-electron chi connectivity index (χ2n) is 5.46. The highest BCUT2D eigenvalue weighted by Gasteiger charge is 2.22. The predicted octanol–water partition coefficient (Wildman–Crippen LogP) is 4.01. The number of nitrogens with zero attached hydrogens (tertiary/aromatic N) is 1. The first-order valence-corrected chi connectivity index (χ1v) is 9.44. The zero-order chi connectivity index (χ0) is 18.7. The maximum atomic E-state index is 12.7. The SMILES string of the molecule is COc1cccc2c1OCC(C=C(C#N)S(=O)(=O)c1ccc(Cl)cc1)=C2. The molecule has 2 aromatic rings. The number of hydrogen-bond donors (Lipinski definition) is 0. The van der Waals surface area contributed by atoms with Gasteiger partial charge in [-0.05, 0) is 48.1 Å². The fourth-order valence-corrected chi connectivity index (χ4v) is 3.82. The van der Waals surface area contributed by atoms with E-state index in [4.69, 9.17) is 21.1 Å². The Morgan fingerprint density at radius 1 is 1.27 bits per heavy atom. The standard InChI is InChI=1S/C19H14ClNO4S/c1-24-18-4-2-3-14-9-13(12-25-19(14)18)10-17(11-21)26(22,23)16-7-5-15(20)6-8-16/h2-10H,12H2,1H3. The molecule has 0 aromatic heterocycles. The first-order valence-electron chi connectivity index (χ1n) is 7.58. The molecule has 0 aliphatic carbocycles. The summed E-state index contributed by atoms with van der Waals surface area (Å²) in [5, 5.41) is 9.79. The van der Waals surface area contributed by atoms with Gasteiger partial charge in [0.2, 0.25) is 9.84 Å². The Morgan fingerprint density at radius 3 is 2.65 bits per heavy atom. The summed E-state index contributed by atoms with van der Waals surface area (Å²) in [5.74, 6) is 1.18. The number of halogens is 1. The van der Waals surface area contributed by atoms with Crippen LogP contribution in [0.1, 0.15) is 5.56 Å². The van der Waals surface area contributed by atoms with Crippen molar-refractivity contribution >= 4 is 27.5 Å². The van der Waals surface area contributed by atoms with E-state index in [9.17, 15) is 13.7 Å². The smallest absolute Gasteiger partial charge is 0.216 e. The van der Waals surface area contributed by atoms with Crippen molar-refractivity contribution in [2.24, 2.45) is 0 Å². The van der Waals surface area contributed by atoms with Gasteiger partial charge in [0.25, 0.3) is 0 Å². The average molecular weight is 388 g/mol. The van der Waals surface area contributed by atoms with Gasteiger partial charge in [-0.2, -0.15) is 5.26 Å². The molecule has 7 heteroatoms. The summed E-state index contributed by atoms with van der Waals surface area (Å²) in [4.78, 5) is -0.352. The number of para-hydroxylation sites is 1. The minimum atomic E-state index is -3.94. The normalized spacial score (nSPS) is 13.9. The fourth-order valence-electron chi connectivity index (χ4n) is 2.52. The van der Waals surface area contributed by atoms with Crippen molar-refractivity contribution in [3.05, 3.63) is 69.6 Å². The van der Waals surface area contributed by atoms with E-state index in [-0.39, 0.29) is 16.4 Å². The highest BCUT2D eigenvalue weighted by atomic mass is 35.5. The monoisotopic (exact) mass is 387 g/mol. The maximum absolute atomic E-state index is 12.7. The summed E-state index contributed by atoms with van der Waals surface area (Å²) in [6.45, 7) is 0.134. The van der Waals surface area contributed by atoms with E-state index < -0.39 is 9.84 Å². The number of allylic oxidation sites excluding steroid dienone is 1. The molecule has 1 aliphatic rings. The van der Waals surface area contributed by atoms with Crippen LogP contribution in [0, 0.1) is 11.3 Å². The lowest BCUT2D eigenvalue weighted by molar-refractivity contribution is 0.318. The second kappa shape index (κ2) is 7.24. The summed E-state index contributed by atoms with van der Waals surface area (Å²) >= 11 is 5.79. The molecule has 5 nitrogen and oxygen atoms in total. The van der Waals surface area contributed by atoms with Crippen molar-refractivity contribution < 1.29 is 17.9 Å². The minimum absolute atomic E-state index is 0.00842. The van der Waals surface area contributed by atoms with Gasteiger partial charge < -0.3 is 9.47 Å². The summed E-state index contributed by atoms with van der Waals surface area (Å²) in [5.41, 5.74) is 1.32. The van der Waals surface area contributed by atoms with Crippen molar-refractivity contribution in [2.45, 2.75) is 4.90 Å². The van der Waals surface area contributed by atoms with Crippen LogP contribution in [0.2, 0.25) is 5.02 Å². The van der Waals surface area contributed by atoms with Crippen molar-refractivity contribution in [2.75, 3.05) is 13.7 Å². The number of sulfone groups is 1. The van der Waals surface area contributed by atoms with Gasteiger partial charge in [-0.1, -0.05) is 23.7 Å². The van der Waals surface area contributed by atoms with Gasteiger partial charge >= 0.3 is 0 Å². The van der Waals surface area contributed by atoms with Gasteiger partial charge in [0, 0.05) is 10.6 Å². The summed E-state index contributed by atoms with van der Waals surface area (Å²) in [7, 11) is -2.39. The van der Waals surface area contributed by atoms with Gasteiger partial charge in [0.1, 0.15) is 17.6 Å². The molecule has 1 aliphatic heterocycles. The molecule has 0 saturated heterocycles. The summed E-state index contributed by atoms with van der Waals surface area (Å²) in [6.07, 6.45) is 3.10. The Bertz CT molecular complexity index is 1050. The van der Waals surface area contributed by atoms with Gasteiger partial charge in [-0.15, -0.1) is 0 Å². The van der Waals surface area contributed by atoms with Gasteiger partial charge in [-0.3, -0.25) is 0 Å². The highest BCUT2D eigenvalue weighted by molar-refractivity contribution is 7.95. The Kier molecular flexibility index (Phi) is 5.03. The zero-order valence-corrected chi connectivity index (χ0v) is 15.3. The number of ether oxygens (including phenoxy) is 2. The van der Waals surface area contributed by atoms with Crippen LogP contribution in [0.5, 0.6) is 11.5 Å². The van der Waals surface area contributed by atoms with Gasteiger partial charge in [0.15, 0.2) is 11.5 Å². The predicted molar refractivity (Wildman–Crippen MR) is 98.8 cm³/mol. The zero-order valence-electron chi connectivity index (χ0n) is 13.8. The number of benzene rings is 2. The molecule has 26 heavy (non-hydrogen) atoms. The van der Waals surface area contributed by atoms with Crippen LogP contribution >= 0.6 is 11.6 Å². The minimum Gasteiger partial charge on any atom is -0.493 e. The molecule has 0 radical (unpaired) electrons. The van der Waals surface area contributed by atoms with Crippen LogP contribution < -0.4 is 9.47 Å². The van der Waals surface area contributed by atoms with Crippen LogP contribution in [0.4, 0.5) is 0 Å². The van der Waals surface area contributed by atoms with Crippen molar-refractivity contribution in [1.82, 2.24) is 0 Å². The Morgan fingerprint density at radius 2 is 2.00 bits per heavy atom. The van der Waals surface area contributed by atoms with Crippen LogP contribution in [0.25, 0.3) is 6.08 Å². The molecule has 0 atom stereocenters. The van der Waals surface area contributed by atoms with E-state index >= 15 is 0 Å². The average Bonchev–Trinajstić information content (AvgIpc) is 2.65. The first kappa shape index (κ1) is 18.1. The molecule has 0 N–H and O–H groups in total. The number of fused-ring (bicyclic) bond motifs is 1. The molecule has 2 aromatic carbocycles. The lowest BCUT2D eigenvalue weighted by Crippen LogP contribution is -2.09. The highest BCUT2D eigenvalue weighted by Crippen LogP contribution is 2.36. The van der Waals surface area contributed by atoms with E-state index in [1.165, 1.54) is 30.3 Å². The first-order chi connectivity index (χ1) is 12.5. The van der Waals surface area contributed by atoms with Crippen LogP contribution in [0.15, 0.2) is 63.9 Å². The van der Waals surface area contributed by atoms with E-state index in [1.54, 1.807) is 31.4 Å². The molecule has 3 rings (SSSR count). The third-order valence-corrected chi connectivity index (χ3v) is 5.73. The quantitative estimate of drug-likeness (QED) is 0.741. The topological polar surface area (TPSA) is 76.4 Å². The number of rotatable bonds is 4. The molecular formula is C19H14ClNO4S. The Balaban J connectivity index is 2.01. The molecule has 132 valence electrons. The molecular weight excluding hydrogens is 374 g/mol. The van der Waals surface area contributed by atoms with Gasteiger partial charge in [-0.25, -0.2) is 8.42 Å². The third-order valence-electron chi connectivity index (χ3n) is 3.79. The van der Waals surface area contributed by atoms with Crippen molar-refractivity contribution in [3.63, 3.8) is 0 Å². The number of methoxy groups -OCH3 is 1. The fraction of sp³-hybridized carbons (Fsp3) is 0.105. The lowest BCUT2D eigenvalue weighted by Gasteiger charge is -2.18. The third kappa shape index (κ3) is 3.45. The van der Waals surface area contributed by atoms with Crippen LogP contribution in [0.3, 0.4) is 0 Å². The van der Waals surface area contributed by atoms with E-state index in [1.807, 2.05) is 6.07 Å². The Labute approximate surface area is 156 Å². The molecule has 1 heterocycles. The van der Waals surface area contributed by atoms with Crippen molar-refractivity contribution in [3.8, 4) is 17.6 Å². The summed E-state index contributed by atoms with van der Waals surface area (Å²) < 4.78 is 36.3. The van der Waals surface area contributed by atoms with E-state index in [0.29, 0.717) is 22.1 Å². The van der Waals surface area contributed by atoms with Gasteiger partial charge in [0.05, 0.1) is 12.0 Å². The molecule has 0 fully saturated rings. The molecule has 0 spiro atoms. The molecule has 0 amide bonds. The van der Waals surface area contributed by atoms with Crippen LogP contribution in [-0.4, -0.2) is 22.1 Å². The maximum Gasteiger partial charge on any atom is 0.216 e. The second-order valence-corrected chi connectivity index (χ2v) is 7.82. The van der Waals surface area contributed by atoms with Crippen molar-refractivity contribution in [1.29, 1.82) is 5.26 Å². The number of nitriles is 1.